The van der Waals surface area contributed by atoms with E-state index >= 15 is 0 Å². The van der Waals surface area contributed by atoms with Crippen molar-refractivity contribution in [3.8, 4) is 0 Å². The van der Waals surface area contributed by atoms with E-state index in [4.69, 9.17) is 5.73 Å². The zero-order valence-corrected chi connectivity index (χ0v) is 10.9. The molecule has 3 N–H and O–H groups in total. The highest BCUT2D eigenvalue weighted by Crippen LogP contribution is 2.26. The molecule has 100 valence electrons. The van der Waals surface area contributed by atoms with Gasteiger partial charge in [-0.2, -0.15) is 0 Å². The van der Waals surface area contributed by atoms with Gasteiger partial charge in [0.15, 0.2) is 0 Å². The second-order valence-electron chi connectivity index (χ2n) is 4.72. The SMILES string of the molecule is Nc1ncccc1CC(O)c1cncc2ccccc12. The third kappa shape index (κ3) is 2.33. The molecule has 0 radical (unpaired) electrons. The lowest BCUT2D eigenvalue weighted by molar-refractivity contribution is 0.179. The minimum atomic E-state index is -0.653. The number of nitrogens with two attached hydrogens (primary N) is 1. The standard InChI is InChI=1S/C16H15N3O/c17-16-11(5-3-7-19-16)8-15(20)14-10-18-9-12-4-1-2-6-13(12)14/h1-7,9-10,15,20H,8H2,(H2,17,19). The molecule has 20 heavy (non-hydrogen) atoms. The molecule has 0 saturated heterocycles. The number of nitrogens with zero attached hydrogens (tertiary/aromatic N) is 2. The summed E-state index contributed by atoms with van der Waals surface area (Å²) < 4.78 is 0. The van der Waals surface area contributed by atoms with E-state index < -0.39 is 6.10 Å². The summed E-state index contributed by atoms with van der Waals surface area (Å²) in [4.78, 5) is 8.23. The molecule has 2 aromatic heterocycles. The first-order valence-electron chi connectivity index (χ1n) is 6.46. The summed E-state index contributed by atoms with van der Waals surface area (Å²) in [5.41, 5.74) is 7.47. The lowest BCUT2D eigenvalue weighted by Gasteiger charge is -2.14. The van der Waals surface area contributed by atoms with Crippen molar-refractivity contribution in [3.05, 3.63) is 66.1 Å². The van der Waals surface area contributed by atoms with Gasteiger partial charge in [0, 0.05) is 36.0 Å². The number of pyridine rings is 2. The smallest absolute Gasteiger partial charge is 0.126 e. The summed E-state index contributed by atoms with van der Waals surface area (Å²) in [7, 11) is 0. The molecule has 0 fully saturated rings. The van der Waals surface area contributed by atoms with Crippen molar-refractivity contribution in [2.75, 3.05) is 5.73 Å². The molecule has 0 aliphatic carbocycles. The topological polar surface area (TPSA) is 72.0 Å². The van der Waals surface area contributed by atoms with Crippen LogP contribution in [0.4, 0.5) is 5.82 Å². The Morgan fingerprint density at radius 3 is 2.80 bits per heavy atom. The molecule has 2 heterocycles. The predicted octanol–water partition coefficient (Wildman–Crippen LogP) is 2.49. The van der Waals surface area contributed by atoms with Crippen molar-refractivity contribution in [1.29, 1.82) is 0 Å². The minimum absolute atomic E-state index is 0.426. The van der Waals surface area contributed by atoms with E-state index in [9.17, 15) is 5.11 Å². The normalized spacial score (nSPS) is 12.4. The Kier molecular flexibility index (Phi) is 3.31. The fourth-order valence-corrected chi connectivity index (χ4v) is 2.35. The first kappa shape index (κ1) is 12.6. The second kappa shape index (κ2) is 5.27. The van der Waals surface area contributed by atoms with Crippen LogP contribution in [0.3, 0.4) is 0 Å². The van der Waals surface area contributed by atoms with E-state index in [1.54, 1.807) is 18.6 Å². The van der Waals surface area contributed by atoms with Crippen molar-refractivity contribution in [2.24, 2.45) is 0 Å². The zero-order valence-electron chi connectivity index (χ0n) is 10.9. The van der Waals surface area contributed by atoms with Crippen LogP contribution in [0.2, 0.25) is 0 Å². The molecule has 0 bridgehead atoms. The average molecular weight is 265 g/mol. The average Bonchev–Trinajstić information content (AvgIpc) is 2.49. The van der Waals surface area contributed by atoms with Crippen LogP contribution >= 0.6 is 0 Å². The van der Waals surface area contributed by atoms with Gasteiger partial charge >= 0.3 is 0 Å². The van der Waals surface area contributed by atoms with E-state index in [2.05, 4.69) is 9.97 Å². The molecule has 0 saturated carbocycles. The third-order valence-corrected chi connectivity index (χ3v) is 3.40. The van der Waals surface area contributed by atoms with Gasteiger partial charge in [-0.3, -0.25) is 4.98 Å². The fraction of sp³-hybridized carbons (Fsp3) is 0.125. The first-order valence-corrected chi connectivity index (χ1v) is 6.46. The second-order valence-corrected chi connectivity index (χ2v) is 4.72. The predicted molar refractivity (Wildman–Crippen MR) is 79.1 cm³/mol. The molecule has 1 aromatic carbocycles. The van der Waals surface area contributed by atoms with E-state index in [0.717, 1.165) is 21.9 Å². The molecule has 4 heteroatoms. The Hall–Kier alpha value is -2.46. The van der Waals surface area contributed by atoms with Crippen molar-refractivity contribution in [2.45, 2.75) is 12.5 Å². The number of hydrogen-bond donors (Lipinski definition) is 2. The number of hydrogen-bond acceptors (Lipinski definition) is 4. The monoisotopic (exact) mass is 265 g/mol. The number of anilines is 1. The van der Waals surface area contributed by atoms with Crippen LogP contribution in [0.5, 0.6) is 0 Å². The van der Waals surface area contributed by atoms with Crippen molar-refractivity contribution < 1.29 is 5.11 Å². The Balaban J connectivity index is 1.97. The molecule has 0 aliphatic rings. The minimum Gasteiger partial charge on any atom is -0.388 e. The number of aromatic nitrogens is 2. The molecule has 4 nitrogen and oxygen atoms in total. The zero-order chi connectivity index (χ0) is 13.9. The van der Waals surface area contributed by atoms with E-state index in [1.807, 2.05) is 36.4 Å². The number of nitrogen functional groups attached to an aromatic ring is 1. The number of fused-ring (bicyclic) bond motifs is 1. The van der Waals surface area contributed by atoms with E-state index in [-0.39, 0.29) is 0 Å². The van der Waals surface area contributed by atoms with Gasteiger partial charge in [0.25, 0.3) is 0 Å². The maximum atomic E-state index is 10.5. The number of aliphatic hydroxyl groups is 1. The van der Waals surface area contributed by atoms with Crippen LogP contribution < -0.4 is 5.73 Å². The van der Waals surface area contributed by atoms with Crippen LogP contribution in [0.1, 0.15) is 17.2 Å². The van der Waals surface area contributed by atoms with Crippen LogP contribution in [0.25, 0.3) is 10.8 Å². The van der Waals surface area contributed by atoms with Gasteiger partial charge in [-0.15, -0.1) is 0 Å². The highest BCUT2D eigenvalue weighted by atomic mass is 16.3. The van der Waals surface area contributed by atoms with Crippen LogP contribution in [0.15, 0.2) is 55.0 Å². The van der Waals surface area contributed by atoms with Gasteiger partial charge in [0.05, 0.1) is 6.10 Å². The Bertz CT molecular complexity index is 737. The van der Waals surface area contributed by atoms with E-state index in [0.29, 0.717) is 12.2 Å². The van der Waals surface area contributed by atoms with Gasteiger partial charge < -0.3 is 10.8 Å². The number of aliphatic hydroxyl groups excluding tert-OH is 1. The Morgan fingerprint density at radius 1 is 1.10 bits per heavy atom. The molecular weight excluding hydrogens is 250 g/mol. The molecule has 0 amide bonds. The summed E-state index contributed by atoms with van der Waals surface area (Å²) in [6.45, 7) is 0. The summed E-state index contributed by atoms with van der Waals surface area (Å²) in [6, 6.07) is 11.6. The molecule has 3 aromatic rings. The largest absolute Gasteiger partial charge is 0.388 e. The van der Waals surface area contributed by atoms with Crippen LogP contribution in [-0.4, -0.2) is 15.1 Å². The summed E-state index contributed by atoms with van der Waals surface area (Å²) in [6.07, 6.45) is 4.92. The Morgan fingerprint density at radius 2 is 1.95 bits per heavy atom. The highest BCUT2D eigenvalue weighted by molar-refractivity contribution is 5.84. The quantitative estimate of drug-likeness (QED) is 0.763. The van der Waals surface area contributed by atoms with Crippen molar-refractivity contribution >= 4 is 16.6 Å². The van der Waals surface area contributed by atoms with Crippen molar-refractivity contribution in [1.82, 2.24) is 9.97 Å². The Labute approximate surface area is 116 Å². The third-order valence-electron chi connectivity index (χ3n) is 3.40. The fourth-order valence-electron chi connectivity index (χ4n) is 2.35. The van der Waals surface area contributed by atoms with Crippen molar-refractivity contribution in [3.63, 3.8) is 0 Å². The highest BCUT2D eigenvalue weighted by Gasteiger charge is 2.14. The maximum absolute atomic E-state index is 10.5. The maximum Gasteiger partial charge on any atom is 0.126 e. The van der Waals surface area contributed by atoms with Crippen LogP contribution in [0, 0.1) is 0 Å². The van der Waals surface area contributed by atoms with E-state index in [1.165, 1.54) is 0 Å². The summed E-state index contributed by atoms with van der Waals surface area (Å²) in [5.74, 6) is 0.458. The van der Waals surface area contributed by atoms with Gasteiger partial charge in [-0.1, -0.05) is 30.3 Å². The van der Waals surface area contributed by atoms with Gasteiger partial charge in [-0.25, -0.2) is 4.98 Å². The van der Waals surface area contributed by atoms with Gasteiger partial charge in [0.1, 0.15) is 5.82 Å². The molecule has 3 rings (SSSR count). The lowest BCUT2D eigenvalue weighted by Crippen LogP contribution is -2.06. The van der Waals surface area contributed by atoms with Gasteiger partial charge in [0.2, 0.25) is 0 Å². The first-order chi connectivity index (χ1) is 9.75. The molecule has 0 aliphatic heterocycles. The lowest BCUT2D eigenvalue weighted by atomic mass is 9.98. The molecule has 1 unspecified atom stereocenters. The summed E-state index contributed by atoms with van der Waals surface area (Å²) in [5, 5.41) is 12.5. The summed E-state index contributed by atoms with van der Waals surface area (Å²) >= 11 is 0. The van der Waals surface area contributed by atoms with Crippen LogP contribution in [-0.2, 0) is 6.42 Å². The van der Waals surface area contributed by atoms with Gasteiger partial charge in [-0.05, 0) is 17.0 Å². The number of benzene rings is 1. The molecule has 0 spiro atoms. The molecular formula is C16H15N3O. The molecule has 1 atom stereocenters. The number of rotatable bonds is 3.